The molecule has 0 unspecified atom stereocenters. The number of unbranched alkanes of at least 4 members (excludes halogenated alkanes) is 14. The summed E-state index contributed by atoms with van der Waals surface area (Å²) in [5, 5.41) is 8.76. The second-order valence-corrected chi connectivity index (χ2v) is 8.23. The summed E-state index contributed by atoms with van der Waals surface area (Å²) in [6, 6.07) is 4.52. The molecule has 164 valence electrons. The van der Waals surface area contributed by atoms with Crippen molar-refractivity contribution in [2.75, 3.05) is 6.61 Å². The minimum absolute atomic E-state index is 0. The third kappa shape index (κ3) is 16.4. The van der Waals surface area contributed by atoms with Gasteiger partial charge in [-0.3, -0.25) is 0 Å². The molecule has 0 atom stereocenters. The Labute approximate surface area is 181 Å². The molecule has 0 saturated carbocycles. The second-order valence-electron chi connectivity index (χ2n) is 8.23. The number of rotatable bonds is 19. The molecular formula is C25H46ClNO. The van der Waals surface area contributed by atoms with Crippen LogP contribution in [-0.2, 0) is 13.0 Å². The van der Waals surface area contributed by atoms with Crippen LogP contribution in [0.25, 0.3) is 0 Å². The van der Waals surface area contributed by atoms with Gasteiger partial charge in [-0.15, -0.1) is 0 Å². The molecule has 0 aliphatic rings. The Hall–Kier alpha value is -0.600. The SMILES string of the molecule is CCCCCCCCc1ccc[n+](CCCCCCCCCCCCO)c1.[Cl-]. The minimum Gasteiger partial charge on any atom is -1.00 e. The van der Waals surface area contributed by atoms with E-state index in [1.165, 1.54) is 115 Å². The summed E-state index contributed by atoms with van der Waals surface area (Å²) < 4.78 is 2.40. The lowest BCUT2D eigenvalue weighted by atomic mass is 10.1. The molecule has 0 saturated heterocycles. The zero-order valence-corrected chi connectivity index (χ0v) is 19.3. The molecule has 2 nitrogen and oxygen atoms in total. The van der Waals surface area contributed by atoms with Crippen LogP contribution in [0.3, 0.4) is 0 Å². The first-order valence-corrected chi connectivity index (χ1v) is 12.0. The van der Waals surface area contributed by atoms with E-state index in [0.717, 1.165) is 6.42 Å². The van der Waals surface area contributed by atoms with Crippen molar-refractivity contribution in [2.24, 2.45) is 0 Å². The fourth-order valence-corrected chi connectivity index (χ4v) is 3.79. The lowest BCUT2D eigenvalue weighted by Crippen LogP contribution is -3.00. The molecule has 1 rings (SSSR count). The van der Waals surface area contributed by atoms with Crippen molar-refractivity contribution in [2.45, 2.75) is 123 Å². The van der Waals surface area contributed by atoms with Crippen LogP contribution in [-0.4, -0.2) is 11.7 Å². The standard InChI is InChI=1S/C25H46NO.ClH/c1-2-3-4-5-12-15-19-25-20-18-22-26(24-25)21-16-13-10-8-6-7-9-11-14-17-23-27;/h18,20,22,24,27H,2-17,19,21,23H2,1H3;1H/q+1;/p-1. The zero-order chi connectivity index (χ0) is 19.4. The Bertz CT molecular complexity index is 438. The highest BCUT2D eigenvalue weighted by Gasteiger charge is 2.03. The smallest absolute Gasteiger partial charge is 0.171 e. The molecule has 1 aromatic rings. The van der Waals surface area contributed by atoms with E-state index in [0.29, 0.717) is 6.61 Å². The lowest BCUT2D eigenvalue weighted by Gasteiger charge is -2.03. The molecule has 1 heterocycles. The molecule has 0 spiro atoms. The average molecular weight is 412 g/mol. The zero-order valence-electron chi connectivity index (χ0n) is 18.5. The Morgan fingerprint density at radius 3 is 1.86 bits per heavy atom. The van der Waals surface area contributed by atoms with Crippen molar-refractivity contribution >= 4 is 0 Å². The number of aliphatic hydroxyl groups excluding tert-OH is 1. The van der Waals surface area contributed by atoms with E-state index in [2.05, 4.69) is 36.0 Å². The molecule has 3 heteroatoms. The fourth-order valence-electron chi connectivity index (χ4n) is 3.79. The third-order valence-electron chi connectivity index (χ3n) is 5.56. The summed E-state index contributed by atoms with van der Waals surface area (Å²) in [4.78, 5) is 0. The van der Waals surface area contributed by atoms with Gasteiger partial charge >= 0.3 is 0 Å². The van der Waals surface area contributed by atoms with Gasteiger partial charge in [-0.2, -0.15) is 0 Å². The lowest BCUT2D eigenvalue weighted by molar-refractivity contribution is -0.697. The van der Waals surface area contributed by atoms with Crippen LogP contribution in [0.2, 0.25) is 0 Å². The highest BCUT2D eigenvalue weighted by Crippen LogP contribution is 2.11. The molecular weight excluding hydrogens is 366 g/mol. The summed E-state index contributed by atoms with van der Waals surface area (Å²) >= 11 is 0. The van der Waals surface area contributed by atoms with Crippen LogP contribution < -0.4 is 17.0 Å². The summed E-state index contributed by atoms with van der Waals surface area (Å²) in [7, 11) is 0. The first-order valence-electron chi connectivity index (χ1n) is 12.0. The number of hydrogen-bond acceptors (Lipinski definition) is 1. The van der Waals surface area contributed by atoms with E-state index in [4.69, 9.17) is 5.11 Å². The van der Waals surface area contributed by atoms with Crippen LogP contribution in [0.15, 0.2) is 24.5 Å². The van der Waals surface area contributed by atoms with Gasteiger partial charge in [-0.1, -0.05) is 84.0 Å². The number of pyridine rings is 1. The molecule has 28 heavy (non-hydrogen) atoms. The van der Waals surface area contributed by atoms with E-state index in [9.17, 15) is 0 Å². The van der Waals surface area contributed by atoms with Crippen LogP contribution in [0.1, 0.15) is 115 Å². The van der Waals surface area contributed by atoms with Crippen LogP contribution >= 0.6 is 0 Å². The van der Waals surface area contributed by atoms with Crippen LogP contribution in [0.4, 0.5) is 0 Å². The summed E-state index contributed by atoms with van der Waals surface area (Å²) in [5.74, 6) is 0. The number of nitrogens with zero attached hydrogens (tertiary/aromatic N) is 1. The van der Waals surface area contributed by atoms with Gasteiger partial charge in [0, 0.05) is 24.7 Å². The van der Waals surface area contributed by atoms with Gasteiger partial charge in [0.1, 0.15) is 6.54 Å². The predicted molar refractivity (Wildman–Crippen MR) is 117 cm³/mol. The maximum absolute atomic E-state index is 8.76. The van der Waals surface area contributed by atoms with Gasteiger partial charge < -0.3 is 17.5 Å². The van der Waals surface area contributed by atoms with Crippen molar-refractivity contribution in [3.05, 3.63) is 30.1 Å². The fraction of sp³-hybridized carbons (Fsp3) is 0.800. The summed E-state index contributed by atoms with van der Waals surface area (Å²) in [6.45, 7) is 3.82. The molecule has 0 radical (unpaired) electrons. The van der Waals surface area contributed by atoms with Crippen LogP contribution in [0, 0.1) is 0 Å². The summed E-state index contributed by atoms with van der Waals surface area (Å²) in [5.41, 5.74) is 1.51. The van der Waals surface area contributed by atoms with Crippen molar-refractivity contribution in [1.29, 1.82) is 0 Å². The van der Waals surface area contributed by atoms with Crippen molar-refractivity contribution < 1.29 is 22.1 Å². The number of hydrogen-bond donors (Lipinski definition) is 1. The highest BCUT2D eigenvalue weighted by atomic mass is 35.5. The molecule has 0 bridgehead atoms. The topological polar surface area (TPSA) is 24.1 Å². The van der Waals surface area contributed by atoms with Crippen LogP contribution in [0.5, 0.6) is 0 Å². The number of halogens is 1. The van der Waals surface area contributed by atoms with Gasteiger partial charge in [-0.25, -0.2) is 4.57 Å². The molecule has 0 aliphatic heterocycles. The van der Waals surface area contributed by atoms with Crippen molar-refractivity contribution in [3.63, 3.8) is 0 Å². The Morgan fingerprint density at radius 2 is 1.25 bits per heavy atom. The highest BCUT2D eigenvalue weighted by molar-refractivity contribution is 5.05. The molecule has 1 N–H and O–H groups in total. The average Bonchev–Trinajstić information content (AvgIpc) is 2.69. The van der Waals surface area contributed by atoms with E-state index >= 15 is 0 Å². The van der Waals surface area contributed by atoms with Gasteiger partial charge in [-0.05, 0) is 31.7 Å². The van der Waals surface area contributed by atoms with E-state index in [1.807, 2.05) is 0 Å². The number of aliphatic hydroxyl groups is 1. The van der Waals surface area contributed by atoms with Gasteiger partial charge in [0.15, 0.2) is 12.4 Å². The number of aromatic nitrogens is 1. The quantitative estimate of drug-likeness (QED) is 0.272. The monoisotopic (exact) mass is 411 g/mol. The maximum atomic E-state index is 8.76. The third-order valence-corrected chi connectivity index (χ3v) is 5.56. The van der Waals surface area contributed by atoms with Crippen molar-refractivity contribution in [1.82, 2.24) is 0 Å². The largest absolute Gasteiger partial charge is 1.00 e. The Balaban J connectivity index is 0.00000729. The van der Waals surface area contributed by atoms with E-state index in [-0.39, 0.29) is 12.4 Å². The maximum Gasteiger partial charge on any atom is 0.171 e. The first kappa shape index (κ1) is 27.4. The van der Waals surface area contributed by atoms with Gasteiger partial charge in [0.05, 0.1) is 0 Å². The predicted octanol–water partition coefficient (Wildman–Crippen LogP) is 3.77. The molecule has 0 aromatic carbocycles. The van der Waals surface area contributed by atoms with E-state index in [1.54, 1.807) is 0 Å². The second kappa shape index (κ2) is 21.1. The van der Waals surface area contributed by atoms with E-state index < -0.39 is 0 Å². The Morgan fingerprint density at radius 1 is 0.714 bits per heavy atom. The molecule has 0 aliphatic carbocycles. The number of aryl methyl sites for hydroxylation is 2. The summed E-state index contributed by atoms with van der Waals surface area (Å²) in [6.07, 6.45) is 27.2. The normalized spacial score (nSPS) is 10.8. The Kier molecular flexibility index (Phi) is 20.7. The molecule has 0 amide bonds. The molecule has 0 fully saturated rings. The van der Waals surface area contributed by atoms with Crippen molar-refractivity contribution in [3.8, 4) is 0 Å². The first-order chi connectivity index (χ1) is 13.4. The molecule has 1 aromatic heterocycles. The minimum atomic E-state index is 0. The van der Waals surface area contributed by atoms with Gasteiger partial charge in [0.25, 0.3) is 0 Å². The van der Waals surface area contributed by atoms with Gasteiger partial charge in [0.2, 0.25) is 0 Å².